The van der Waals surface area contributed by atoms with Gasteiger partial charge in [-0.15, -0.1) is 0 Å². The second kappa shape index (κ2) is 3.29. The average molecular weight is 187 g/mol. The van der Waals surface area contributed by atoms with E-state index in [1.807, 2.05) is 0 Å². The van der Waals surface area contributed by atoms with Crippen molar-refractivity contribution in [3.8, 4) is 0 Å². The molecular weight excluding hydrogens is 170 g/mol. The fourth-order valence-corrected chi connectivity index (χ4v) is 2.78. The van der Waals surface area contributed by atoms with E-state index >= 15 is 0 Å². The van der Waals surface area contributed by atoms with Crippen LogP contribution in [-0.4, -0.2) is 16.5 Å². The summed E-state index contributed by atoms with van der Waals surface area (Å²) < 4.78 is 0. The lowest BCUT2D eigenvalue weighted by Crippen LogP contribution is -2.37. The lowest BCUT2D eigenvalue weighted by atomic mass is 9.86. The van der Waals surface area contributed by atoms with E-state index in [2.05, 4.69) is 33.0 Å². The van der Waals surface area contributed by atoms with E-state index in [1.165, 1.54) is 11.8 Å². The maximum Gasteiger partial charge on any atom is 0.279 e. The third-order valence-electron chi connectivity index (χ3n) is 2.20. The Labute approximate surface area is 78.5 Å². The normalized spacial score (nSPS) is 30.5. The summed E-state index contributed by atoms with van der Waals surface area (Å²) in [5.74, 6) is 0. The Morgan fingerprint density at radius 3 is 2.42 bits per heavy atom. The quantitative estimate of drug-likeness (QED) is 0.683. The van der Waals surface area contributed by atoms with Crippen LogP contribution in [-0.2, 0) is 0 Å². The second-order valence-electron chi connectivity index (χ2n) is 4.35. The van der Waals surface area contributed by atoms with Crippen LogP contribution in [0, 0.1) is 5.41 Å². The maximum atomic E-state index is 11.1. The van der Waals surface area contributed by atoms with Gasteiger partial charge in [-0.3, -0.25) is 4.79 Å². The minimum atomic E-state index is 0.141. The van der Waals surface area contributed by atoms with Crippen LogP contribution in [0.2, 0.25) is 0 Å². The number of carbonyl (C=O) groups excluding carboxylic acids is 1. The Morgan fingerprint density at radius 2 is 2.08 bits per heavy atom. The predicted octanol–water partition coefficient (Wildman–Crippen LogP) is 2.64. The van der Waals surface area contributed by atoms with Gasteiger partial charge >= 0.3 is 0 Å². The summed E-state index contributed by atoms with van der Waals surface area (Å²) in [6.45, 7) is 8.68. The van der Waals surface area contributed by atoms with Crippen LogP contribution in [0.3, 0.4) is 0 Å². The van der Waals surface area contributed by atoms with Crippen LogP contribution >= 0.6 is 11.8 Å². The minimum absolute atomic E-state index is 0.141. The SMILES string of the molecule is CCC1NC(=O)SC1C(C)(C)C. The van der Waals surface area contributed by atoms with E-state index in [0.717, 1.165) is 6.42 Å². The van der Waals surface area contributed by atoms with Gasteiger partial charge in [0.2, 0.25) is 0 Å². The van der Waals surface area contributed by atoms with Crippen molar-refractivity contribution in [1.82, 2.24) is 5.32 Å². The molecule has 1 rings (SSSR count). The van der Waals surface area contributed by atoms with Gasteiger partial charge in [-0.1, -0.05) is 39.5 Å². The molecule has 0 bridgehead atoms. The zero-order valence-electron chi connectivity index (χ0n) is 8.18. The Kier molecular flexibility index (Phi) is 2.71. The zero-order chi connectivity index (χ0) is 9.35. The van der Waals surface area contributed by atoms with Gasteiger partial charge < -0.3 is 5.32 Å². The molecule has 0 aromatic heterocycles. The minimum Gasteiger partial charge on any atom is -0.343 e. The van der Waals surface area contributed by atoms with Crippen molar-refractivity contribution in [2.75, 3.05) is 0 Å². The van der Waals surface area contributed by atoms with Gasteiger partial charge in [0.15, 0.2) is 0 Å². The van der Waals surface area contributed by atoms with Gasteiger partial charge in [0.05, 0.1) is 0 Å². The molecule has 1 N–H and O–H groups in total. The standard InChI is InChI=1S/C9H17NOS/c1-5-6-7(9(2,3)4)12-8(11)10-6/h6-7H,5H2,1-4H3,(H,10,11). The molecular formula is C9H17NOS. The lowest BCUT2D eigenvalue weighted by Gasteiger charge is -2.29. The molecule has 0 aromatic carbocycles. The molecule has 70 valence electrons. The van der Waals surface area contributed by atoms with E-state index < -0.39 is 0 Å². The topological polar surface area (TPSA) is 29.1 Å². The molecule has 12 heavy (non-hydrogen) atoms. The van der Waals surface area contributed by atoms with E-state index in [9.17, 15) is 4.79 Å². The fourth-order valence-electron chi connectivity index (χ4n) is 1.56. The Morgan fingerprint density at radius 1 is 1.50 bits per heavy atom. The van der Waals surface area contributed by atoms with E-state index in [4.69, 9.17) is 0 Å². The number of carbonyl (C=O) groups is 1. The highest BCUT2D eigenvalue weighted by Gasteiger charge is 2.39. The first-order valence-corrected chi connectivity index (χ1v) is 5.30. The highest BCUT2D eigenvalue weighted by molar-refractivity contribution is 8.14. The Hall–Kier alpha value is -0.180. The van der Waals surface area contributed by atoms with Gasteiger partial charge in [0.1, 0.15) is 0 Å². The average Bonchev–Trinajstić information content (AvgIpc) is 2.29. The number of rotatable bonds is 1. The van der Waals surface area contributed by atoms with Gasteiger partial charge in [-0.2, -0.15) is 0 Å². The summed E-state index contributed by atoms with van der Waals surface area (Å²) >= 11 is 1.46. The van der Waals surface area contributed by atoms with Crippen molar-refractivity contribution in [2.24, 2.45) is 5.41 Å². The van der Waals surface area contributed by atoms with Crippen molar-refractivity contribution in [1.29, 1.82) is 0 Å². The maximum absolute atomic E-state index is 11.1. The van der Waals surface area contributed by atoms with Crippen LogP contribution in [0.15, 0.2) is 0 Å². The monoisotopic (exact) mass is 187 g/mol. The molecule has 3 heteroatoms. The van der Waals surface area contributed by atoms with Gasteiger partial charge in [-0.25, -0.2) is 0 Å². The fraction of sp³-hybridized carbons (Fsp3) is 0.889. The molecule has 1 fully saturated rings. The molecule has 2 unspecified atom stereocenters. The number of amides is 1. The Bertz CT molecular complexity index is 185. The second-order valence-corrected chi connectivity index (χ2v) is 5.47. The molecule has 2 nitrogen and oxygen atoms in total. The van der Waals surface area contributed by atoms with Crippen LogP contribution in [0.25, 0.3) is 0 Å². The highest BCUT2D eigenvalue weighted by atomic mass is 32.2. The largest absolute Gasteiger partial charge is 0.343 e. The first-order valence-electron chi connectivity index (χ1n) is 4.42. The van der Waals surface area contributed by atoms with Gasteiger partial charge in [-0.05, 0) is 11.8 Å². The third-order valence-corrected chi connectivity index (χ3v) is 3.82. The molecule has 0 aromatic rings. The molecule has 2 atom stereocenters. The molecule has 1 heterocycles. The van der Waals surface area contributed by atoms with E-state index in [-0.39, 0.29) is 10.7 Å². The van der Waals surface area contributed by atoms with Crippen molar-refractivity contribution < 1.29 is 4.79 Å². The molecule has 1 aliphatic rings. The van der Waals surface area contributed by atoms with Crippen molar-refractivity contribution in [3.63, 3.8) is 0 Å². The summed E-state index contributed by atoms with van der Waals surface area (Å²) in [6.07, 6.45) is 1.03. The van der Waals surface area contributed by atoms with Crippen LogP contribution in [0.5, 0.6) is 0 Å². The van der Waals surface area contributed by atoms with Gasteiger partial charge in [0.25, 0.3) is 5.24 Å². The summed E-state index contributed by atoms with van der Waals surface area (Å²) in [5, 5.41) is 3.55. The number of hydrogen-bond acceptors (Lipinski definition) is 2. The molecule has 0 saturated carbocycles. The zero-order valence-corrected chi connectivity index (χ0v) is 8.99. The van der Waals surface area contributed by atoms with Crippen LogP contribution in [0.1, 0.15) is 34.1 Å². The first kappa shape index (κ1) is 9.90. The third kappa shape index (κ3) is 1.94. The van der Waals surface area contributed by atoms with E-state index in [1.54, 1.807) is 0 Å². The molecule has 1 amide bonds. The first-order chi connectivity index (χ1) is 5.45. The lowest BCUT2D eigenvalue weighted by molar-refractivity contribution is 0.257. The number of hydrogen-bond donors (Lipinski definition) is 1. The number of nitrogens with one attached hydrogen (secondary N) is 1. The van der Waals surface area contributed by atoms with Crippen LogP contribution < -0.4 is 5.32 Å². The summed E-state index contributed by atoms with van der Waals surface area (Å²) in [6, 6.07) is 0.363. The summed E-state index contributed by atoms with van der Waals surface area (Å²) in [7, 11) is 0. The summed E-state index contributed by atoms with van der Waals surface area (Å²) in [4.78, 5) is 11.1. The van der Waals surface area contributed by atoms with Crippen molar-refractivity contribution in [3.05, 3.63) is 0 Å². The van der Waals surface area contributed by atoms with Crippen molar-refractivity contribution >= 4 is 17.0 Å². The smallest absolute Gasteiger partial charge is 0.279 e. The predicted molar refractivity (Wildman–Crippen MR) is 53.4 cm³/mol. The van der Waals surface area contributed by atoms with E-state index in [0.29, 0.717) is 11.3 Å². The number of thioether (sulfide) groups is 1. The van der Waals surface area contributed by atoms with Gasteiger partial charge in [0, 0.05) is 11.3 Å². The Balaban J connectivity index is 2.70. The molecule has 1 aliphatic heterocycles. The van der Waals surface area contributed by atoms with Crippen LogP contribution in [0.4, 0.5) is 4.79 Å². The highest BCUT2D eigenvalue weighted by Crippen LogP contribution is 2.38. The summed E-state index contributed by atoms with van der Waals surface area (Å²) in [5.41, 5.74) is 0.213. The molecule has 0 spiro atoms. The molecule has 0 radical (unpaired) electrons. The van der Waals surface area contributed by atoms with Crippen molar-refractivity contribution in [2.45, 2.75) is 45.4 Å². The molecule has 0 aliphatic carbocycles. The molecule has 1 saturated heterocycles.